The number of rotatable bonds is 6. The van der Waals surface area contributed by atoms with Crippen LogP contribution < -0.4 is 5.32 Å². The largest absolute Gasteiger partial charge is 0.396 e. The van der Waals surface area contributed by atoms with E-state index in [0.29, 0.717) is 18.7 Å². The number of aliphatic hydroxyl groups is 2. The quantitative estimate of drug-likeness (QED) is 0.707. The fourth-order valence-electron chi connectivity index (χ4n) is 1.41. The molecule has 0 aliphatic heterocycles. The van der Waals surface area contributed by atoms with Gasteiger partial charge in [-0.25, -0.2) is 4.39 Å². The van der Waals surface area contributed by atoms with Crippen molar-refractivity contribution in [2.75, 3.05) is 19.7 Å². The predicted molar refractivity (Wildman–Crippen MR) is 65.1 cm³/mol. The minimum Gasteiger partial charge on any atom is -0.396 e. The molecule has 0 saturated heterocycles. The molecule has 0 spiro atoms. The number of hydrogen-bond acceptors (Lipinski definition) is 3. The van der Waals surface area contributed by atoms with E-state index in [4.69, 9.17) is 5.11 Å². The van der Waals surface area contributed by atoms with Crippen LogP contribution in [0.25, 0.3) is 0 Å². The van der Waals surface area contributed by atoms with E-state index >= 15 is 0 Å². The van der Waals surface area contributed by atoms with Crippen molar-refractivity contribution in [1.29, 1.82) is 0 Å². The Morgan fingerprint density at radius 3 is 2.41 bits per heavy atom. The van der Waals surface area contributed by atoms with E-state index in [9.17, 15) is 9.50 Å². The highest BCUT2D eigenvalue weighted by molar-refractivity contribution is 5.18. The van der Waals surface area contributed by atoms with Gasteiger partial charge in [-0.2, -0.15) is 0 Å². The van der Waals surface area contributed by atoms with Crippen molar-refractivity contribution < 1.29 is 14.6 Å². The van der Waals surface area contributed by atoms with Crippen molar-refractivity contribution in [2.45, 2.75) is 20.0 Å². The number of nitrogens with one attached hydrogen (secondary N) is 1. The van der Waals surface area contributed by atoms with Crippen molar-refractivity contribution in [3.8, 4) is 0 Å². The molecule has 0 aromatic heterocycles. The van der Waals surface area contributed by atoms with Gasteiger partial charge in [-0.1, -0.05) is 26.0 Å². The van der Waals surface area contributed by atoms with E-state index in [1.807, 2.05) is 13.8 Å². The molecule has 0 fully saturated rings. The van der Waals surface area contributed by atoms with Gasteiger partial charge >= 0.3 is 0 Å². The second kappa shape index (κ2) is 6.10. The summed E-state index contributed by atoms with van der Waals surface area (Å²) in [7, 11) is 0. The Morgan fingerprint density at radius 2 is 1.88 bits per heavy atom. The van der Waals surface area contributed by atoms with Crippen molar-refractivity contribution in [2.24, 2.45) is 5.41 Å². The van der Waals surface area contributed by atoms with Crippen LogP contribution in [-0.2, 0) is 0 Å². The first-order chi connectivity index (χ1) is 7.94. The van der Waals surface area contributed by atoms with Crippen LogP contribution in [0.5, 0.6) is 0 Å². The van der Waals surface area contributed by atoms with Gasteiger partial charge in [0.25, 0.3) is 0 Å². The highest BCUT2D eigenvalue weighted by Crippen LogP contribution is 2.14. The van der Waals surface area contributed by atoms with Gasteiger partial charge in [-0.3, -0.25) is 0 Å². The number of benzene rings is 1. The lowest BCUT2D eigenvalue weighted by Crippen LogP contribution is -2.34. The highest BCUT2D eigenvalue weighted by atomic mass is 19.1. The summed E-state index contributed by atoms with van der Waals surface area (Å²) in [5.41, 5.74) is 0.475. The third kappa shape index (κ3) is 4.81. The molecule has 0 heterocycles. The molecule has 0 bridgehead atoms. The zero-order chi connectivity index (χ0) is 12.9. The normalized spacial score (nSPS) is 13.7. The summed E-state index contributed by atoms with van der Waals surface area (Å²) in [5.74, 6) is -0.310. The molecular weight excluding hydrogens is 221 g/mol. The van der Waals surface area contributed by atoms with Gasteiger partial charge < -0.3 is 15.5 Å². The molecular formula is C13H20FNO2. The molecule has 3 N–H and O–H groups in total. The Kier molecular flexibility index (Phi) is 5.05. The standard InChI is InChI=1S/C13H20FNO2/c1-13(2,9-16)8-15-7-12(17)10-3-5-11(14)6-4-10/h3-6,12,15-17H,7-9H2,1-2H3. The lowest BCUT2D eigenvalue weighted by atomic mass is 9.95. The second-order valence-electron chi connectivity index (χ2n) is 5.02. The highest BCUT2D eigenvalue weighted by Gasteiger charge is 2.16. The van der Waals surface area contributed by atoms with Crippen LogP contribution in [0, 0.1) is 11.2 Å². The van der Waals surface area contributed by atoms with Crippen LogP contribution in [0.1, 0.15) is 25.5 Å². The van der Waals surface area contributed by atoms with E-state index in [1.54, 1.807) is 12.1 Å². The molecule has 17 heavy (non-hydrogen) atoms. The number of aliphatic hydroxyl groups excluding tert-OH is 2. The van der Waals surface area contributed by atoms with Crippen molar-refractivity contribution in [3.05, 3.63) is 35.6 Å². The number of halogens is 1. The van der Waals surface area contributed by atoms with Gasteiger partial charge in [0.05, 0.1) is 6.10 Å². The molecule has 1 unspecified atom stereocenters. The number of hydrogen-bond donors (Lipinski definition) is 3. The van der Waals surface area contributed by atoms with Gasteiger partial charge in [-0.05, 0) is 17.7 Å². The summed E-state index contributed by atoms with van der Waals surface area (Å²) in [4.78, 5) is 0. The second-order valence-corrected chi connectivity index (χ2v) is 5.02. The average molecular weight is 241 g/mol. The van der Waals surface area contributed by atoms with E-state index in [2.05, 4.69) is 5.32 Å². The zero-order valence-electron chi connectivity index (χ0n) is 10.3. The van der Waals surface area contributed by atoms with Gasteiger partial charge in [0.2, 0.25) is 0 Å². The molecule has 1 aromatic carbocycles. The smallest absolute Gasteiger partial charge is 0.123 e. The molecule has 4 heteroatoms. The molecule has 96 valence electrons. The summed E-state index contributed by atoms with van der Waals surface area (Å²) in [6, 6.07) is 5.80. The van der Waals surface area contributed by atoms with Gasteiger partial charge in [0.15, 0.2) is 0 Å². The molecule has 0 aliphatic rings. The third-order valence-corrected chi connectivity index (χ3v) is 2.62. The van der Waals surface area contributed by atoms with Gasteiger partial charge in [0.1, 0.15) is 5.82 Å². The first kappa shape index (κ1) is 14.1. The molecule has 0 aliphatic carbocycles. The van der Waals surface area contributed by atoms with Crippen LogP contribution in [0.2, 0.25) is 0 Å². The fraction of sp³-hybridized carbons (Fsp3) is 0.538. The summed E-state index contributed by atoms with van der Waals surface area (Å²) < 4.78 is 12.7. The van der Waals surface area contributed by atoms with Crippen LogP contribution in [0.15, 0.2) is 24.3 Å². The Labute approximate surface area is 101 Å². The molecule has 0 amide bonds. The van der Waals surface area contributed by atoms with Crippen molar-refractivity contribution >= 4 is 0 Å². The van der Waals surface area contributed by atoms with Crippen LogP contribution in [-0.4, -0.2) is 29.9 Å². The third-order valence-electron chi connectivity index (χ3n) is 2.62. The summed E-state index contributed by atoms with van der Waals surface area (Å²) >= 11 is 0. The van der Waals surface area contributed by atoms with Crippen molar-refractivity contribution in [1.82, 2.24) is 5.32 Å². The Hall–Kier alpha value is -0.970. The van der Waals surface area contributed by atoms with Crippen LogP contribution >= 0.6 is 0 Å². The molecule has 0 saturated carbocycles. The first-order valence-corrected chi connectivity index (χ1v) is 5.70. The lowest BCUT2D eigenvalue weighted by molar-refractivity contribution is 0.138. The summed E-state index contributed by atoms with van der Waals surface area (Å²) in [6.45, 7) is 4.96. The van der Waals surface area contributed by atoms with E-state index < -0.39 is 6.10 Å². The summed E-state index contributed by atoms with van der Waals surface area (Å²) in [6.07, 6.45) is -0.662. The molecule has 1 atom stereocenters. The first-order valence-electron chi connectivity index (χ1n) is 5.70. The molecule has 3 nitrogen and oxygen atoms in total. The van der Waals surface area contributed by atoms with E-state index in [1.165, 1.54) is 12.1 Å². The molecule has 0 radical (unpaired) electrons. The van der Waals surface area contributed by atoms with Gasteiger partial charge in [-0.15, -0.1) is 0 Å². The monoisotopic (exact) mass is 241 g/mol. The van der Waals surface area contributed by atoms with Gasteiger partial charge in [0, 0.05) is 25.1 Å². The SMILES string of the molecule is CC(C)(CO)CNCC(O)c1ccc(F)cc1. The van der Waals surface area contributed by atoms with E-state index in [0.717, 1.165) is 0 Å². The zero-order valence-corrected chi connectivity index (χ0v) is 10.3. The van der Waals surface area contributed by atoms with Crippen molar-refractivity contribution in [3.63, 3.8) is 0 Å². The predicted octanol–water partition coefficient (Wildman–Crippen LogP) is 1.47. The minimum atomic E-state index is -0.662. The Morgan fingerprint density at radius 1 is 1.29 bits per heavy atom. The maximum absolute atomic E-state index is 12.7. The van der Waals surface area contributed by atoms with E-state index in [-0.39, 0.29) is 17.8 Å². The molecule has 1 aromatic rings. The topological polar surface area (TPSA) is 52.5 Å². The maximum atomic E-state index is 12.7. The minimum absolute atomic E-state index is 0.0899. The molecule has 1 rings (SSSR count). The lowest BCUT2D eigenvalue weighted by Gasteiger charge is -2.23. The summed E-state index contributed by atoms with van der Waals surface area (Å²) in [5, 5.41) is 22.0. The maximum Gasteiger partial charge on any atom is 0.123 e. The Bertz CT molecular complexity index is 338. The Balaban J connectivity index is 2.40. The van der Waals surface area contributed by atoms with Crippen LogP contribution in [0.4, 0.5) is 4.39 Å². The average Bonchev–Trinajstić information content (AvgIpc) is 2.29. The fourth-order valence-corrected chi connectivity index (χ4v) is 1.41. The van der Waals surface area contributed by atoms with Crippen LogP contribution in [0.3, 0.4) is 0 Å².